The SMILES string of the molecule is CCOCCCN1C(=O)C(CC(=O)N2CCC(N3CCc4ccccc4NC3=O)CC2)SC1c1ccccc1.[HH]. The van der Waals surface area contributed by atoms with Crippen LogP contribution in [0.5, 0.6) is 0 Å². The summed E-state index contributed by atoms with van der Waals surface area (Å²) in [4.78, 5) is 45.4. The second kappa shape index (κ2) is 12.9. The van der Waals surface area contributed by atoms with Gasteiger partial charge in [0.2, 0.25) is 11.8 Å². The lowest BCUT2D eigenvalue weighted by Gasteiger charge is -2.38. The Morgan fingerprint density at radius 3 is 2.56 bits per heavy atom. The Morgan fingerprint density at radius 2 is 1.79 bits per heavy atom. The highest BCUT2D eigenvalue weighted by Gasteiger charge is 2.42. The van der Waals surface area contributed by atoms with Crippen LogP contribution >= 0.6 is 11.8 Å². The number of carbonyl (C=O) groups excluding carboxylic acids is 3. The third-order valence-corrected chi connectivity index (χ3v) is 9.35. The van der Waals surface area contributed by atoms with Crippen molar-refractivity contribution in [1.82, 2.24) is 14.7 Å². The summed E-state index contributed by atoms with van der Waals surface area (Å²) in [5, 5.41) is 2.58. The monoisotopic (exact) mass is 552 g/mol. The zero-order valence-corrected chi connectivity index (χ0v) is 23.4. The number of ether oxygens (including phenoxy) is 1. The van der Waals surface area contributed by atoms with Gasteiger partial charge in [-0.15, -0.1) is 11.8 Å². The molecule has 2 fully saturated rings. The number of nitrogens with one attached hydrogen (secondary N) is 1. The van der Waals surface area contributed by atoms with Gasteiger partial charge >= 0.3 is 6.03 Å². The zero-order chi connectivity index (χ0) is 27.2. The van der Waals surface area contributed by atoms with E-state index in [2.05, 4.69) is 11.4 Å². The zero-order valence-electron chi connectivity index (χ0n) is 22.6. The summed E-state index contributed by atoms with van der Waals surface area (Å²) in [6.45, 7) is 5.74. The topological polar surface area (TPSA) is 82.2 Å². The molecule has 5 rings (SSSR count). The van der Waals surface area contributed by atoms with Crippen molar-refractivity contribution >= 4 is 35.3 Å². The molecule has 0 aromatic heterocycles. The number of fused-ring (bicyclic) bond motifs is 1. The highest BCUT2D eigenvalue weighted by Crippen LogP contribution is 2.44. The first-order valence-electron chi connectivity index (χ1n) is 14.1. The molecular formula is C30H40N4O4S. The fourth-order valence-electron chi connectivity index (χ4n) is 5.76. The van der Waals surface area contributed by atoms with E-state index in [1.54, 1.807) is 11.8 Å². The van der Waals surface area contributed by atoms with Gasteiger partial charge in [0, 0.05) is 59.0 Å². The number of nitrogens with zero attached hydrogens (tertiary/aromatic N) is 3. The number of urea groups is 1. The third-order valence-electron chi connectivity index (χ3n) is 7.87. The average molecular weight is 553 g/mol. The van der Waals surface area contributed by atoms with E-state index in [0.29, 0.717) is 39.4 Å². The van der Waals surface area contributed by atoms with Crippen LogP contribution in [0.3, 0.4) is 0 Å². The van der Waals surface area contributed by atoms with Gasteiger partial charge in [0.05, 0.1) is 5.25 Å². The number of rotatable bonds is 9. The molecule has 39 heavy (non-hydrogen) atoms. The van der Waals surface area contributed by atoms with Crippen LogP contribution in [0.25, 0.3) is 0 Å². The Kier molecular flexibility index (Phi) is 9.09. The van der Waals surface area contributed by atoms with Crippen molar-refractivity contribution < 1.29 is 20.5 Å². The highest BCUT2D eigenvalue weighted by atomic mass is 32.2. The van der Waals surface area contributed by atoms with Crippen molar-refractivity contribution in [3.63, 3.8) is 0 Å². The first-order valence-corrected chi connectivity index (χ1v) is 15.0. The van der Waals surface area contributed by atoms with Gasteiger partial charge in [0.25, 0.3) is 0 Å². The van der Waals surface area contributed by atoms with E-state index in [4.69, 9.17) is 4.74 Å². The van der Waals surface area contributed by atoms with Crippen LogP contribution in [0.1, 0.15) is 50.5 Å². The summed E-state index contributed by atoms with van der Waals surface area (Å²) in [7, 11) is 0. The van der Waals surface area contributed by atoms with Gasteiger partial charge < -0.3 is 24.8 Å². The fourth-order valence-corrected chi connectivity index (χ4v) is 7.23. The minimum atomic E-state index is -0.387. The quantitative estimate of drug-likeness (QED) is 0.453. The molecule has 1 N–H and O–H groups in total. The lowest BCUT2D eigenvalue weighted by Crippen LogP contribution is -2.50. The molecule has 0 radical (unpaired) electrons. The summed E-state index contributed by atoms with van der Waals surface area (Å²) in [5.74, 6) is 0.0596. The van der Waals surface area contributed by atoms with Crippen molar-refractivity contribution in [2.24, 2.45) is 0 Å². The van der Waals surface area contributed by atoms with Crippen LogP contribution in [0.4, 0.5) is 10.5 Å². The van der Waals surface area contributed by atoms with Gasteiger partial charge in [-0.25, -0.2) is 4.79 Å². The molecule has 0 spiro atoms. The van der Waals surface area contributed by atoms with Crippen molar-refractivity contribution in [2.45, 2.75) is 55.7 Å². The number of carbonyl (C=O) groups is 3. The minimum absolute atomic E-state index is 0. The number of benzene rings is 2. The summed E-state index contributed by atoms with van der Waals surface area (Å²) in [5.41, 5.74) is 3.12. The number of hydrogen-bond acceptors (Lipinski definition) is 5. The predicted octanol–water partition coefficient (Wildman–Crippen LogP) is 4.77. The molecule has 3 aliphatic rings. The van der Waals surface area contributed by atoms with E-state index >= 15 is 0 Å². The number of anilines is 1. The average Bonchev–Trinajstić information content (AvgIpc) is 3.16. The van der Waals surface area contributed by atoms with Gasteiger partial charge in [-0.1, -0.05) is 48.5 Å². The molecule has 2 aromatic carbocycles. The van der Waals surface area contributed by atoms with Crippen LogP contribution < -0.4 is 5.32 Å². The number of para-hydroxylation sites is 1. The van der Waals surface area contributed by atoms with Crippen LogP contribution in [0.15, 0.2) is 54.6 Å². The summed E-state index contributed by atoms with van der Waals surface area (Å²) in [6.07, 6.45) is 3.29. The molecule has 8 nitrogen and oxygen atoms in total. The lowest BCUT2D eigenvalue weighted by atomic mass is 10.0. The highest BCUT2D eigenvalue weighted by molar-refractivity contribution is 8.01. The molecule has 2 saturated heterocycles. The molecule has 0 bridgehead atoms. The summed E-state index contributed by atoms with van der Waals surface area (Å²) < 4.78 is 5.49. The maximum atomic E-state index is 13.4. The molecule has 3 heterocycles. The maximum Gasteiger partial charge on any atom is 0.322 e. The van der Waals surface area contributed by atoms with E-state index in [0.717, 1.165) is 42.5 Å². The van der Waals surface area contributed by atoms with E-state index in [-0.39, 0.29) is 42.4 Å². The Balaban J connectivity index is 0.00000370. The Hall–Kier alpha value is -3.04. The van der Waals surface area contributed by atoms with Crippen molar-refractivity contribution in [3.8, 4) is 0 Å². The number of hydrogen-bond donors (Lipinski definition) is 1. The Morgan fingerprint density at radius 1 is 1.05 bits per heavy atom. The lowest BCUT2D eigenvalue weighted by molar-refractivity contribution is -0.137. The molecular weight excluding hydrogens is 512 g/mol. The van der Waals surface area contributed by atoms with Crippen LogP contribution in [-0.2, 0) is 20.7 Å². The molecule has 0 saturated carbocycles. The molecule has 4 amide bonds. The largest absolute Gasteiger partial charge is 0.382 e. The standard InChI is InChI=1S/C30H38N4O4S.H2/c1-2-38-20-8-16-34-28(36)26(39-29(34)23-10-4-3-5-11-23)21-27(35)32-17-14-24(15-18-32)33-19-13-22-9-6-7-12-25(22)31-30(33)37;/h3-7,9-12,24,26,29H,2,8,13-21H2,1H3,(H,31,37);1H. The second-order valence-electron chi connectivity index (χ2n) is 10.3. The number of amides is 4. The molecule has 2 aromatic rings. The summed E-state index contributed by atoms with van der Waals surface area (Å²) >= 11 is 1.58. The van der Waals surface area contributed by atoms with Crippen molar-refractivity contribution in [2.75, 3.05) is 44.7 Å². The molecule has 9 heteroatoms. The Labute approximate surface area is 236 Å². The first-order chi connectivity index (χ1) is 19.0. The molecule has 210 valence electrons. The molecule has 2 unspecified atom stereocenters. The van der Waals surface area contributed by atoms with Crippen LogP contribution in [0.2, 0.25) is 0 Å². The van der Waals surface area contributed by atoms with Gasteiger partial charge in [-0.2, -0.15) is 0 Å². The van der Waals surface area contributed by atoms with Gasteiger partial charge in [0.1, 0.15) is 5.37 Å². The Bertz CT molecular complexity index is 1160. The second-order valence-corrected chi connectivity index (χ2v) is 11.6. The van der Waals surface area contributed by atoms with E-state index < -0.39 is 0 Å². The maximum absolute atomic E-state index is 13.4. The molecule has 2 atom stereocenters. The van der Waals surface area contributed by atoms with Crippen LogP contribution in [-0.4, -0.2) is 83.2 Å². The predicted molar refractivity (Wildman–Crippen MR) is 156 cm³/mol. The van der Waals surface area contributed by atoms with Crippen molar-refractivity contribution in [1.29, 1.82) is 0 Å². The van der Waals surface area contributed by atoms with Gasteiger partial charge in [-0.3, -0.25) is 9.59 Å². The first kappa shape index (κ1) is 27.5. The molecule has 0 aliphatic carbocycles. The summed E-state index contributed by atoms with van der Waals surface area (Å²) in [6, 6.07) is 18.0. The number of thioether (sulfide) groups is 1. The number of likely N-dealkylation sites (tertiary alicyclic amines) is 1. The van der Waals surface area contributed by atoms with Gasteiger partial charge in [0.15, 0.2) is 0 Å². The van der Waals surface area contributed by atoms with E-state index in [1.807, 2.05) is 70.2 Å². The number of piperidine rings is 1. The smallest absolute Gasteiger partial charge is 0.322 e. The fraction of sp³-hybridized carbons (Fsp3) is 0.500. The van der Waals surface area contributed by atoms with E-state index in [9.17, 15) is 14.4 Å². The van der Waals surface area contributed by atoms with Crippen LogP contribution in [0, 0.1) is 0 Å². The normalized spacial score (nSPS) is 22.0. The van der Waals surface area contributed by atoms with E-state index in [1.165, 1.54) is 0 Å². The molecule has 3 aliphatic heterocycles. The van der Waals surface area contributed by atoms with Crippen molar-refractivity contribution in [3.05, 3.63) is 65.7 Å². The van der Waals surface area contributed by atoms with Gasteiger partial charge in [-0.05, 0) is 49.8 Å². The minimum Gasteiger partial charge on any atom is -0.382 e. The third kappa shape index (κ3) is 6.41.